The number of carbonyl (C=O) groups is 1. The molecule has 1 amide bonds. The van der Waals surface area contributed by atoms with E-state index < -0.39 is 10.0 Å². The molecule has 0 unspecified atom stereocenters. The third-order valence-corrected chi connectivity index (χ3v) is 5.76. The number of aromatic nitrogens is 2. The molecule has 0 saturated carbocycles. The number of benzene rings is 2. The third kappa shape index (κ3) is 4.25. The normalized spacial score (nSPS) is 11.5. The van der Waals surface area contributed by atoms with Gasteiger partial charge in [0.25, 0.3) is 0 Å². The Hall–Kier alpha value is -3.07. The number of nitrogens with one attached hydrogen (secondary N) is 2. The Balaban J connectivity index is 1.71. The molecule has 0 atom stereocenters. The molecule has 0 bridgehead atoms. The highest BCUT2D eigenvalue weighted by Gasteiger charge is 2.13. The molecule has 3 rings (SSSR count). The van der Waals surface area contributed by atoms with Gasteiger partial charge in [0, 0.05) is 18.4 Å². The summed E-state index contributed by atoms with van der Waals surface area (Å²) in [6, 6.07) is 13.6. The van der Waals surface area contributed by atoms with Crippen molar-refractivity contribution in [1.29, 1.82) is 0 Å². The minimum absolute atomic E-state index is 0.0469. The van der Waals surface area contributed by atoms with E-state index in [1.165, 1.54) is 9.13 Å². The van der Waals surface area contributed by atoms with Crippen molar-refractivity contribution in [1.82, 2.24) is 9.13 Å². The number of imidazole rings is 1. The largest absolute Gasteiger partial charge is 0.329 e. The highest BCUT2D eigenvalue weighted by molar-refractivity contribution is 7.92. The first kappa shape index (κ1) is 19.7. The van der Waals surface area contributed by atoms with E-state index in [0.29, 0.717) is 23.3 Å². The van der Waals surface area contributed by atoms with Crippen molar-refractivity contribution >= 4 is 38.3 Å². The number of carbonyl (C=O) groups excluding carboxylic acids is 1. The van der Waals surface area contributed by atoms with Crippen LogP contribution in [0.1, 0.15) is 13.3 Å². The summed E-state index contributed by atoms with van der Waals surface area (Å²) in [5.74, 6) is -0.302. The second-order valence-corrected chi connectivity index (χ2v) is 8.30. The van der Waals surface area contributed by atoms with Gasteiger partial charge in [-0.2, -0.15) is 0 Å². The number of hydrogen-bond acceptors (Lipinski definition) is 4. The molecule has 0 saturated heterocycles. The first-order valence-electron chi connectivity index (χ1n) is 8.85. The van der Waals surface area contributed by atoms with Gasteiger partial charge in [0.1, 0.15) is 6.54 Å². The number of nitrogens with zero attached hydrogens (tertiary/aromatic N) is 2. The van der Waals surface area contributed by atoms with Crippen LogP contribution >= 0.6 is 0 Å². The van der Waals surface area contributed by atoms with Crippen molar-refractivity contribution in [2.45, 2.75) is 19.9 Å². The van der Waals surface area contributed by atoms with Crippen LogP contribution < -0.4 is 15.7 Å². The van der Waals surface area contributed by atoms with Crippen LogP contribution in [0.25, 0.3) is 11.0 Å². The van der Waals surface area contributed by atoms with Crippen molar-refractivity contribution in [3.63, 3.8) is 0 Å². The van der Waals surface area contributed by atoms with Crippen molar-refractivity contribution in [2.75, 3.05) is 15.8 Å². The standard InChI is InChI=1S/C19H22N4O4S/c1-3-12-28(26,27)21-15-10-8-14(9-11-15)20-18(24)13-23-17-7-5-4-6-16(17)22(2)19(23)25/h4-11,21H,3,12-13H2,1-2H3,(H,20,24). The summed E-state index contributed by atoms with van der Waals surface area (Å²) in [6.07, 6.45) is 0.525. The SMILES string of the molecule is CCCS(=O)(=O)Nc1ccc(NC(=O)Cn2c(=O)n(C)c3ccccc32)cc1. The van der Waals surface area contributed by atoms with Gasteiger partial charge in [0.05, 0.1) is 16.8 Å². The lowest BCUT2D eigenvalue weighted by Crippen LogP contribution is -2.28. The monoisotopic (exact) mass is 402 g/mol. The molecule has 28 heavy (non-hydrogen) atoms. The Morgan fingerprint density at radius 1 is 1.00 bits per heavy atom. The van der Waals surface area contributed by atoms with Crippen LogP contribution in [0.5, 0.6) is 0 Å². The summed E-state index contributed by atoms with van der Waals surface area (Å²) in [5.41, 5.74) is 2.11. The Kier molecular flexibility index (Phi) is 5.55. The molecular formula is C19H22N4O4S. The third-order valence-electron chi connectivity index (χ3n) is 4.27. The molecule has 9 heteroatoms. The summed E-state index contributed by atoms with van der Waals surface area (Å²) in [5, 5.41) is 2.72. The van der Waals surface area contributed by atoms with E-state index in [1.807, 2.05) is 18.2 Å². The number of sulfonamides is 1. The number of anilines is 2. The highest BCUT2D eigenvalue weighted by Crippen LogP contribution is 2.16. The van der Waals surface area contributed by atoms with E-state index in [0.717, 1.165) is 5.52 Å². The van der Waals surface area contributed by atoms with E-state index in [-0.39, 0.29) is 23.9 Å². The van der Waals surface area contributed by atoms with Crippen LogP contribution in [0.2, 0.25) is 0 Å². The van der Waals surface area contributed by atoms with Gasteiger partial charge >= 0.3 is 5.69 Å². The fraction of sp³-hybridized carbons (Fsp3) is 0.263. The number of amides is 1. The lowest BCUT2D eigenvalue weighted by atomic mass is 10.3. The summed E-state index contributed by atoms with van der Waals surface area (Å²) in [6.45, 7) is 1.67. The van der Waals surface area contributed by atoms with E-state index in [2.05, 4.69) is 10.0 Å². The second-order valence-electron chi connectivity index (χ2n) is 6.46. The average molecular weight is 402 g/mol. The summed E-state index contributed by atoms with van der Waals surface area (Å²) < 4.78 is 29.0. The molecule has 148 valence electrons. The molecule has 8 nitrogen and oxygen atoms in total. The molecule has 2 aromatic carbocycles. The van der Waals surface area contributed by atoms with Crippen molar-refractivity contribution in [3.05, 3.63) is 59.0 Å². The lowest BCUT2D eigenvalue weighted by molar-refractivity contribution is -0.116. The van der Waals surface area contributed by atoms with Crippen LogP contribution in [0, 0.1) is 0 Å². The fourth-order valence-electron chi connectivity index (χ4n) is 2.98. The topological polar surface area (TPSA) is 102 Å². The van der Waals surface area contributed by atoms with Crippen LogP contribution in [0.4, 0.5) is 11.4 Å². The van der Waals surface area contributed by atoms with Crippen molar-refractivity contribution in [3.8, 4) is 0 Å². The molecule has 0 fully saturated rings. The molecule has 0 aliphatic carbocycles. The summed E-state index contributed by atoms with van der Waals surface area (Å²) in [7, 11) is -1.70. The van der Waals surface area contributed by atoms with Crippen LogP contribution in [0.3, 0.4) is 0 Å². The zero-order valence-electron chi connectivity index (χ0n) is 15.7. The minimum atomic E-state index is -3.36. The second kappa shape index (κ2) is 7.89. The molecule has 0 aliphatic rings. The van der Waals surface area contributed by atoms with Gasteiger partial charge in [-0.05, 0) is 42.8 Å². The average Bonchev–Trinajstić information content (AvgIpc) is 2.88. The molecular weight excluding hydrogens is 380 g/mol. The smallest absolute Gasteiger partial charge is 0.325 e. The van der Waals surface area contributed by atoms with Crippen LogP contribution in [-0.4, -0.2) is 29.2 Å². The highest BCUT2D eigenvalue weighted by atomic mass is 32.2. The number of hydrogen-bond donors (Lipinski definition) is 2. The van der Waals surface area contributed by atoms with E-state index in [1.54, 1.807) is 44.3 Å². The number of aryl methyl sites for hydroxylation is 1. The molecule has 0 radical (unpaired) electrons. The van der Waals surface area contributed by atoms with Gasteiger partial charge in [0.2, 0.25) is 15.9 Å². The molecule has 0 spiro atoms. The molecule has 1 heterocycles. The zero-order chi connectivity index (χ0) is 20.3. The van der Waals surface area contributed by atoms with Crippen LogP contribution in [-0.2, 0) is 28.4 Å². The first-order chi connectivity index (χ1) is 13.3. The van der Waals surface area contributed by atoms with E-state index in [4.69, 9.17) is 0 Å². The summed E-state index contributed by atoms with van der Waals surface area (Å²) >= 11 is 0. The number of rotatable bonds is 7. The van der Waals surface area contributed by atoms with Gasteiger partial charge in [-0.3, -0.25) is 18.7 Å². The van der Waals surface area contributed by atoms with Gasteiger partial charge in [-0.25, -0.2) is 13.2 Å². The van der Waals surface area contributed by atoms with Crippen molar-refractivity contribution in [2.24, 2.45) is 7.05 Å². The molecule has 1 aromatic heterocycles. The van der Waals surface area contributed by atoms with Crippen LogP contribution in [0.15, 0.2) is 53.3 Å². The Morgan fingerprint density at radius 3 is 2.25 bits per heavy atom. The number of para-hydroxylation sites is 2. The molecule has 3 aromatic rings. The lowest BCUT2D eigenvalue weighted by Gasteiger charge is -2.09. The maximum absolute atomic E-state index is 12.4. The predicted molar refractivity (Wildman–Crippen MR) is 110 cm³/mol. The fourth-order valence-corrected chi connectivity index (χ4v) is 4.12. The number of fused-ring (bicyclic) bond motifs is 1. The Morgan fingerprint density at radius 2 is 1.61 bits per heavy atom. The van der Waals surface area contributed by atoms with Gasteiger partial charge in [-0.15, -0.1) is 0 Å². The Bertz CT molecular complexity index is 1160. The maximum Gasteiger partial charge on any atom is 0.329 e. The quantitative estimate of drug-likeness (QED) is 0.632. The van der Waals surface area contributed by atoms with E-state index >= 15 is 0 Å². The van der Waals surface area contributed by atoms with Gasteiger partial charge < -0.3 is 5.32 Å². The molecule has 0 aliphatic heterocycles. The minimum Gasteiger partial charge on any atom is -0.325 e. The van der Waals surface area contributed by atoms with E-state index in [9.17, 15) is 18.0 Å². The predicted octanol–water partition coefficient (Wildman–Crippen LogP) is 2.13. The summed E-state index contributed by atoms with van der Waals surface area (Å²) in [4.78, 5) is 24.8. The van der Waals surface area contributed by atoms with Gasteiger partial charge in [-0.1, -0.05) is 19.1 Å². The Labute approximate surface area is 162 Å². The maximum atomic E-state index is 12.4. The molecule has 2 N–H and O–H groups in total. The van der Waals surface area contributed by atoms with Crippen molar-refractivity contribution < 1.29 is 13.2 Å². The van der Waals surface area contributed by atoms with Gasteiger partial charge in [0.15, 0.2) is 0 Å². The zero-order valence-corrected chi connectivity index (χ0v) is 16.5. The first-order valence-corrected chi connectivity index (χ1v) is 10.5.